The van der Waals surface area contributed by atoms with Gasteiger partial charge in [0.1, 0.15) is 0 Å². The second kappa shape index (κ2) is 8.17. The number of methoxy groups -OCH3 is 1. The summed E-state index contributed by atoms with van der Waals surface area (Å²) in [6.07, 6.45) is 3.16. The van der Waals surface area contributed by atoms with E-state index in [4.69, 9.17) is 0 Å². The first-order valence-corrected chi connectivity index (χ1v) is 8.45. The molecule has 0 aromatic heterocycles. The number of nitrogens with zero attached hydrogens (tertiary/aromatic N) is 1. The van der Waals surface area contributed by atoms with Crippen LogP contribution in [0.5, 0.6) is 0 Å². The normalized spacial score (nSPS) is 10.7. The van der Waals surface area contributed by atoms with Crippen LogP contribution in [0.2, 0.25) is 0 Å². The molecule has 0 aliphatic carbocycles. The van der Waals surface area contributed by atoms with E-state index in [1.807, 2.05) is 42.5 Å². The van der Waals surface area contributed by atoms with E-state index in [9.17, 15) is 4.79 Å². The van der Waals surface area contributed by atoms with Gasteiger partial charge in [0.2, 0.25) is 0 Å². The lowest BCUT2D eigenvalue weighted by Crippen LogP contribution is -2.09. The van der Waals surface area contributed by atoms with E-state index in [0.29, 0.717) is 0 Å². The van der Waals surface area contributed by atoms with Gasteiger partial charge in [0, 0.05) is 23.1 Å². The SMILES string of the molecule is COC(=O)/C=C/c1ccc(N(c2ccccc2)c2ccc(C)cc2)cc1. The van der Waals surface area contributed by atoms with Crippen LogP contribution in [-0.4, -0.2) is 13.1 Å². The lowest BCUT2D eigenvalue weighted by molar-refractivity contribution is -0.134. The molecule has 0 spiro atoms. The molecule has 0 unspecified atom stereocenters. The van der Waals surface area contributed by atoms with Crippen LogP contribution in [0, 0.1) is 6.92 Å². The number of hydrogen-bond donors (Lipinski definition) is 0. The van der Waals surface area contributed by atoms with Crippen molar-refractivity contribution in [1.29, 1.82) is 0 Å². The fourth-order valence-electron chi connectivity index (χ4n) is 2.68. The second-order valence-corrected chi connectivity index (χ2v) is 5.95. The first kappa shape index (κ1) is 17.5. The van der Waals surface area contributed by atoms with Crippen molar-refractivity contribution in [2.75, 3.05) is 12.0 Å². The lowest BCUT2D eigenvalue weighted by Gasteiger charge is -2.25. The molecule has 3 rings (SSSR count). The topological polar surface area (TPSA) is 29.5 Å². The van der Waals surface area contributed by atoms with Gasteiger partial charge in [-0.2, -0.15) is 0 Å². The molecule has 0 saturated carbocycles. The molecule has 3 heteroatoms. The van der Waals surface area contributed by atoms with Gasteiger partial charge in [-0.15, -0.1) is 0 Å². The Kier molecular flexibility index (Phi) is 5.49. The van der Waals surface area contributed by atoms with Gasteiger partial charge in [0.15, 0.2) is 0 Å². The van der Waals surface area contributed by atoms with Crippen molar-refractivity contribution in [3.63, 3.8) is 0 Å². The van der Waals surface area contributed by atoms with Crippen LogP contribution < -0.4 is 4.90 Å². The molecule has 0 saturated heterocycles. The molecule has 130 valence electrons. The van der Waals surface area contributed by atoms with Gasteiger partial charge in [-0.1, -0.05) is 48.0 Å². The van der Waals surface area contributed by atoms with E-state index in [0.717, 1.165) is 22.6 Å². The summed E-state index contributed by atoms with van der Waals surface area (Å²) in [6, 6.07) is 26.8. The van der Waals surface area contributed by atoms with Crippen molar-refractivity contribution in [2.24, 2.45) is 0 Å². The number of carbonyl (C=O) groups is 1. The minimum Gasteiger partial charge on any atom is -0.466 e. The van der Waals surface area contributed by atoms with E-state index in [1.165, 1.54) is 18.7 Å². The van der Waals surface area contributed by atoms with Crippen LogP contribution in [0.15, 0.2) is 84.9 Å². The van der Waals surface area contributed by atoms with Gasteiger partial charge in [0.05, 0.1) is 7.11 Å². The van der Waals surface area contributed by atoms with Gasteiger partial charge >= 0.3 is 5.97 Å². The van der Waals surface area contributed by atoms with Crippen LogP contribution in [0.1, 0.15) is 11.1 Å². The van der Waals surface area contributed by atoms with Gasteiger partial charge in [-0.25, -0.2) is 4.79 Å². The summed E-state index contributed by atoms with van der Waals surface area (Å²) in [6.45, 7) is 2.08. The van der Waals surface area contributed by atoms with Gasteiger partial charge < -0.3 is 9.64 Å². The third-order valence-corrected chi connectivity index (χ3v) is 4.07. The third-order valence-electron chi connectivity index (χ3n) is 4.07. The Labute approximate surface area is 154 Å². The van der Waals surface area contributed by atoms with E-state index >= 15 is 0 Å². The Hall–Kier alpha value is -3.33. The number of anilines is 3. The molecule has 0 radical (unpaired) electrons. The van der Waals surface area contributed by atoms with Crippen LogP contribution in [0.4, 0.5) is 17.1 Å². The molecule has 3 aromatic carbocycles. The third kappa shape index (κ3) is 4.19. The van der Waals surface area contributed by atoms with Crippen LogP contribution in [0.25, 0.3) is 6.08 Å². The molecule has 0 aliphatic rings. The van der Waals surface area contributed by atoms with E-state index in [1.54, 1.807) is 6.08 Å². The molecular weight excluding hydrogens is 322 g/mol. The largest absolute Gasteiger partial charge is 0.466 e. The molecule has 0 fully saturated rings. The summed E-state index contributed by atoms with van der Waals surface area (Å²) in [5.74, 6) is -0.361. The smallest absolute Gasteiger partial charge is 0.330 e. The Morgan fingerprint density at radius 3 is 1.92 bits per heavy atom. The predicted molar refractivity (Wildman–Crippen MR) is 107 cm³/mol. The summed E-state index contributed by atoms with van der Waals surface area (Å²) in [5.41, 5.74) is 5.41. The van der Waals surface area contributed by atoms with Crippen molar-refractivity contribution in [3.05, 3.63) is 96.1 Å². The highest BCUT2D eigenvalue weighted by atomic mass is 16.5. The number of esters is 1. The zero-order chi connectivity index (χ0) is 18.4. The van der Waals surface area contributed by atoms with Crippen LogP contribution >= 0.6 is 0 Å². The zero-order valence-corrected chi connectivity index (χ0v) is 14.9. The van der Waals surface area contributed by atoms with Gasteiger partial charge in [0.25, 0.3) is 0 Å². The average Bonchev–Trinajstić information content (AvgIpc) is 2.69. The molecule has 0 bridgehead atoms. The molecule has 26 heavy (non-hydrogen) atoms. The first-order chi connectivity index (χ1) is 12.7. The maximum Gasteiger partial charge on any atom is 0.330 e. The number of para-hydroxylation sites is 1. The predicted octanol–water partition coefficient (Wildman–Crippen LogP) is 5.65. The highest BCUT2D eigenvalue weighted by Crippen LogP contribution is 2.34. The fraction of sp³-hybridized carbons (Fsp3) is 0.0870. The number of aryl methyl sites for hydroxylation is 1. The minimum absolute atomic E-state index is 0.361. The first-order valence-electron chi connectivity index (χ1n) is 8.45. The van der Waals surface area contributed by atoms with E-state index in [2.05, 4.69) is 53.0 Å². The summed E-state index contributed by atoms with van der Waals surface area (Å²) in [5, 5.41) is 0. The van der Waals surface area contributed by atoms with E-state index in [-0.39, 0.29) is 5.97 Å². The van der Waals surface area contributed by atoms with Crippen molar-refractivity contribution in [3.8, 4) is 0 Å². The summed E-state index contributed by atoms with van der Waals surface area (Å²) >= 11 is 0. The minimum atomic E-state index is -0.361. The fourth-order valence-corrected chi connectivity index (χ4v) is 2.68. The number of rotatable bonds is 5. The highest BCUT2D eigenvalue weighted by Gasteiger charge is 2.11. The average molecular weight is 343 g/mol. The summed E-state index contributed by atoms with van der Waals surface area (Å²) in [4.78, 5) is 13.4. The molecule has 0 aliphatic heterocycles. The molecule has 0 amide bonds. The zero-order valence-electron chi connectivity index (χ0n) is 14.9. The second-order valence-electron chi connectivity index (χ2n) is 5.95. The number of carbonyl (C=O) groups excluding carboxylic acids is 1. The molecule has 0 atom stereocenters. The molecule has 0 heterocycles. The van der Waals surface area contributed by atoms with Crippen molar-refractivity contribution in [2.45, 2.75) is 6.92 Å². The van der Waals surface area contributed by atoms with Gasteiger partial charge in [-0.3, -0.25) is 0 Å². The maximum atomic E-state index is 11.2. The van der Waals surface area contributed by atoms with Crippen LogP contribution in [-0.2, 0) is 9.53 Å². The Balaban J connectivity index is 1.96. The Morgan fingerprint density at radius 2 is 1.35 bits per heavy atom. The quantitative estimate of drug-likeness (QED) is 0.443. The van der Waals surface area contributed by atoms with Crippen molar-refractivity contribution >= 4 is 29.1 Å². The number of benzene rings is 3. The summed E-state index contributed by atoms with van der Waals surface area (Å²) < 4.78 is 4.63. The molecule has 3 nitrogen and oxygen atoms in total. The molecule has 3 aromatic rings. The molecular formula is C23H21NO2. The summed E-state index contributed by atoms with van der Waals surface area (Å²) in [7, 11) is 1.37. The number of ether oxygens (including phenoxy) is 1. The monoisotopic (exact) mass is 343 g/mol. The van der Waals surface area contributed by atoms with Crippen molar-refractivity contribution < 1.29 is 9.53 Å². The number of hydrogen-bond acceptors (Lipinski definition) is 3. The van der Waals surface area contributed by atoms with E-state index < -0.39 is 0 Å². The highest BCUT2D eigenvalue weighted by molar-refractivity contribution is 5.87. The standard InChI is InChI=1S/C23H21NO2/c1-18-8-13-21(14-9-18)24(20-6-4-3-5-7-20)22-15-10-19(11-16-22)12-17-23(25)26-2/h3-17H,1-2H3/b17-12+. The maximum absolute atomic E-state index is 11.2. The van der Waals surface area contributed by atoms with Crippen molar-refractivity contribution in [1.82, 2.24) is 0 Å². The Morgan fingerprint density at radius 1 is 0.808 bits per heavy atom. The Bertz CT molecular complexity index is 882. The van der Waals surface area contributed by atoms with Crippen LogP contribution in [0.3, 0.4) is 0 Å². The lowest BCUT2D eigenvalue weighted by atomic mass is 10.1. The molecule has 0 N–H and O–H groups in total. The van der Waals surface area contributed by atoms with Gasteiger partial charge in [-0.05, 0) is 55.0 Å².